The number of β-amino-alcohol motifs (C(OH)–C–C–N with tert-alkyl or cyclic N) is 1. The lowest BCUT2D eigenvalue weighted by atomic mass is 10.1. The molecular formula is C16H27N3O. The van der Waals surface area contributed by atoms with E-state index in [-0.39, 0.29) is 6.10 Å². The maximum Gasteiger partial charge on any atom is 0.0682 e. The van der Waals surface area contributed by atoms with Crippen molar-refractivity contribution >= 4 is 5.69 Å². The lowest BCUT2D eigenvalue weighted by Gasteiger charge is -2.26. The van der Waals surface area contributed by atoms with Crippen molar-refractivity contribution in [1.29, 1.82) is 0 Å². The first-order chi connectivity index (χ1) is 9.54. The van der Waals surface area contributed by atoms with Crippen LogP contribution in [-0.4, -0.2) is 60.8 Å². The summed E-state index contributed by atoms with van der Waals surface area (Å²) < 4.78 is 0. The van der Waals surface area contributed by atoms with Crippen LogP contribution >= 0.6 is 0 Å². The average Bonchev–Trinajstić information content (AvgIpc) is 2.69. The van der Waals surface area contributed by atoms with Crippen LogP contribution in [0.25, 0.3) is 0 Å². The van der Waals surface area contributed by atoms with Crippen LogP contribution < -0.4 is 5.73 Å². The molecule has 1 saturated heterocycles. The number of nitrogens with zero attached hydrogens (tertiary/aromatic N) is 2. The summed E-state index contributed by atoms with van der Waals surface area (Å²) >= 11 is 0. The Hall–Kier alpha value is -1.10. The van der Waals surface area contributed by atoms with E-state index in [0.29, 0.717) is 6.04 Å². The van der Waals surface area contributed by atoms with Crippen LogP contribution in [0, 0.1) is 0 Å². The summed E-state index contributed by atoms with van der Waals surface area (Å²) in [6.45, 7) is 2.88. The summed E-state index contributed by atoms with van der Waals surface area (Å²) in [6, 6.07) is 8.61. The molecule has 1 aliphatic heterocycles. The zero-order valence-corrected chi connectivity index (χ0v) is 12.6. The van der Waals surface area contributed by atoms with E-state index < -0.39 is 0 Å². The van der Waals surface area contributed by atoms with Gasteiger partial charge in [0.05, 0.1) is 6.10 Å². The van der Waals surface area contributed by atoms with Crippen molar-refractivity contribution < 1.29 is 5.11 Å². The lowest BCUT2D eigenvalue weighted by molar-refractivity contribution is 0.172. The Bertz CT molecular complexity index is 422. The molecule has 20 heavy (non-hydrogen) atoms. The smallest absolute Gasteiger partial charge is 0.0682 e. The number of benzene rings is 1. The number of nitrogen functional groups attached to an aromatic ring is 1. The van der Waals surface area contributed by atoms with Crippen LogP contribution in [0.2, 0.25) is 0 Å². The molecule has 1 aromatic carbocycles. The molecule has 2 rings (SSSR count). The third kappa shape index (κ3) is 4.47. The van der Waals surface area contributed by atoms with E-state index in [9.17, 15) is 5.11 Å². The fraction of sp³-hybridized carbons (Fsp3) is 0.625. The quantitative estimate of drug-likeness (QED) is 0.767. The molecule has 1 aliphatic rings. The minimum absolute atomic E-state index is 0.160. The van der Waals surface area contributed by atoms with Gasteiger partial charge in [-0.25, -0.2) is 0 Å². The highest BCUT2D eigenvalue weighted by Crippen LogP contribution is 2.19. The van der Waals surface area contributed by atoms with E-state index in [2.05, 4.69) is 36.0 Å². The van der Waals surface area contributed by atoms with Crippen LogP contribution in [0.3, 0.4) is 0 Å². The van der Waals surface area contributed by atoms with E-state index in [1.165, 1.54) is 5.56 Å². The number of anilines is 1. The van der Waals surface area contributed by atoms with E-state index in [1.807, 2.05) is 12.1 Å². The second-order valence-electron chi connectivity index (χ2n) is 6.15. The van der Waals surface area contributed by atoms with Crippen molar-refractivity contribution in [2.45, 2.75) is 31.4 Å². The Kier molecular flexibility index (Phi) is 5.40. The van der Waals surface area contributed by atoms with E-state index in [0.717, 1.165) is 44.6 Å². The number of aliphatic hydroxyl groups is 1. The van der Waals surface area contributed by atoms with E-state index in [1.54, 1.807) is 0 Å². The monoisotopic (exact) mass is 277 g/mol. The number of hydrogen-bond acceptors (Lipinski definition) is 4. The molecule has 0 bridgehead atoms. The van der Waals surface area contributed by atoms with Gasteiger partial charge in [0.15, 0.2) is 0 Å². The SMILES string of the molecule is CN(C)CC1CC(O)CN1CCCc1cccc(N)c1. The summed E-state index contributed by atoms with van der Waals surface area (Å²) in [6.07, 6.45) is 2.90. The largest absolute Gasteiger partial charge is 0.399 e. The summed E-state index contributed by atoms with van der Waals surface area (Å²) in [5.74, 6) is 0. The van der Waals surface area contributed by atoms with Crippen LogP contribution in [0.15, 0.2) is 24.3 Å². The molecule has 0 aliphatic carbocycles. The summed E-state index contributed by atoms with van der Waals surface area (Å²) in [7, 11) is 4.19. The molecular weight excluding hydrogens is 250 g/mol. The van der Waals surface area contributed by atoms with Crippen molar-refractivity contribution in [1.82, 2.24) is 9.80 Å². The summed E-state index contributed by atoms with van der Waals surface area (Å²) in [4.78, 5) is 4.63. The maximum atomic E-state index is 9.86. The molecule has 1 heterocycles. The molecule has 4 heteroatoms. The molecule has 0 saturated carbocycles. The van der Waals surface area contributed by atoms with Gasteiger partial charge in [0, 0.05) is 24.8 Å². The molecule has 3 N–H and O–H groups in total. The Morgan fingerprint density at radius 1 is 1.40 bits per heavy atom. The minimum Gasteiger partial charge on any atom is -0.399 e. The first-order valence-electron chi connectivity index (χ1n) is 7.46. The second-order valence-corrected chi connectivity index (χ2v) is 6.15. The number of likely N-dealkylation sites (N-methyl/N-ethyl adjacent to an activating group) is 1. The van der Waals surface area contributed by atoms with Gasteiger partial charge in [-0.3, -0.25) is 4.90 Å². The number of aryl methyl sites for hydroxylation is 1. The molecule has 2 atom stereocenters. The highest BCUT2D eigenvalue weighted by molar-refractivity contribution is 5.40. The maximum absolute atomic E-state index is 9.86. The van der Waals surface area contributed by atoms with Crippen LogP contribution in [-0.2, 0) is 6.42 Å². The van der Waals surface area contributed by atoms with Gasteiger partial charge in [0.2, 0.25) is 0 Å². The van der Waals surface area contributed by atoms with Gasteiger partial charge in [-0.15, -0.1) is 0 Å². The predicted octanol–water partition coefficient (Wildman–Crippen LogP) is 1.20. The standard InChI is InChI=1S/C16H27N3O/c1-18(2)11-15-10-16(20)12-19(15)8-4-6-13-5-3-7-14(17)9-13/h3,5,7,9,15-16,20H,4,6,8,10-12,17H2,1-2H3. The van der Waals surface area contributed by atoms with Crippen LogP contribution in [0.4, 0.5) is 5.69 Å². The van der Waals surface area contributed by atoms with Gasteiger partial charge in [-0.1, -0.05) is 12.1 Å². The molecule has 0 amide bonds. The Morgan fingerprint density at radius 3 is 2.90 bits per heavy atom. The predicted molar refractivity (Wildman–Crippen MR) is 83.7 cm³/mol. The first-order valence-corrected chi connectivity index (χ1v) is 7.46. The molecule has 0 radical (unpaired) electrons. The molecule has 4 nitrogen and oxygen atoms in total. The molecule has 2 unspecified atom stereocenters. The number of aliphatic hydroxyl groups excluding tert-OH is 1. The van der Waals surface area contributed by atoms with Crippen molar-refractivity contribution in [3.8, 4) is 0 Å². The van der Waals surface area contributed by atoms with Gasteiger partial charge >= 0.3 is 0 Å². The average molecular weight is 277 g/mol. The van der Waals surface area contributed by atoms with Crippen LogP contribution in [0.1, 0.15) is 18.4 Å². The van der Waals surface area contributed by atoms with Crippen molar-refractivity contribution in [2.75, 3.05) is 39.5 Å². The third-order valence-electron chi connectivity index (χ3n) is 3.94. The molecule has 112 valence electrons. The minimum atomic E-state index is -0.160. The van der Waals surface area contributed by atoms with Gasteiger partial charge in [0.1, 0.15) is 0 Å². The topological polar surface area (TPSA) is 52.7 Å². The molecule has 0 spiro atoms. The normalized spacial score (nSPS) is 23.6. The highest BCUT2D eigenvalue weighted by Gasteiger charge is 2.30. The van der Waals surface area contributed by atoms with Gasteiger partial charge in [-0.2, -0.15) is 0 Å². The molecule has 1 aromatic rings. The Labute approximate surface area is 122 Å². The van der Waals surface area contributed by atoms with Gasteiger partial charge in [0.25, 0.3) is 0 Å². The number of nitrogens with two attached hydrogens (primary N) is 1. The third-order valence-corrected chi connectivity index (χ3v) is 3.94. The lowest BCUT2D eigenvalue weighted by Crippen LogP contribution is -2.38. The van der Waals surface area contributed by atoms with Gasteiger partial charge < -0.3 is 15.7 Å². The Morgan fingerprint density at radius 2 is 2.20 bits per heavy atom. The second kappa shape index (κ2) is 7.07. The number of likely N-dealkylation sites (tertiary alicyclic amines) is 1. The fourth-order valence-corrected chi connectivity index (χ4v) is 3.08. The number of rotatable bonds is 6. The van der Waals surface area contributed by atoms with Crippen molar-refractivity contribution in [3.63, 3.8) is 0 Å². The molecule has 0 aromatic heterocycles. The van der Waals surface area contributed by atoms with Gasteiger partial charge in [-0.05, 0) is 57.6 Å². The number of hydrogen-bond donors (Lipinski definition) is 2. The zero-order chi connectivity index (χ0) is 14.5. The van der Waals surface area contributed by atoms with Crippen molar-refractivity contribution in [3.05, 3.63) is 29.8 Å². The van der Waals surface area contributed by atoms with Crippen LogP contribution in [0.5, 0.6) is 0 Å². The summed E-state index contributed by atoms with van der Waals surface area (Å²) in [5, 5.41) is 9.86. The van der Waals surface area contributed by atoms with Crippen molar-refractivity contribution in [2.24, 2.45) is 0 Å². The van der Waals surface area contributed by atoms with E-state index >= 15 is 0 Å². The first kappa shape index (κ1) is 15.3. The highest BCUT2D eigenvalue weighted by atomic mass is 16.3. The summed E-state index contributed by atoms with van der Waals surface area (Å²) in [5.41, 5.74) is 7.94. The zero-order valence-electron chi connectivity index (χ0n) is 12.6. The molecule has 1 fully saturated rings. The van der Waals surface area contributed by atoms with E-state index in [4.69, 9.17) is 5.73 Å². The fourth-order valence-electron chi connectivity index (χ4n) is 3.08. The Balaban J connectivity index is 1.80.